The first-order valence-electron chi connectivity index (χ1n) is 12.5. The van der Waals surface area contributed by atoms with Gasteiger partial charge in [-0.2, -0.15) is 0 Å². The Morgan fingerprint density at radius 1 is 0.902 bits per heavy atom. The van der Waals surface area contributed by atoms with Gasteiger partial charge in [0.2, 0.25) is 5.78 Å². The minimum Gasteiger partial charge on any atom is -0.491 e. The molecule has 212 valence electrons. The number of benzene rings is 3. The third-order valence-corrected chi connectivity index (χ3v) is 6.20. The Kier molecular flexibility index (Phi) is 10.1. The third kappa shape index (κ3) is 8.59. The van der Waals surface area contributed by atoms with Gasteiger partial charge in [-0.1, -0.05) is 48.5 Å². The van der Waals surface area contributed by atoms with Crippen molar-refractivity contribution in [2.24, 2.45) is 5.73 Å². The molecule has 0 aliphatic heterocycles. The van der Waals surface area contributed by atoms with E-state index in [4.69, 9.17) is 21.0 Å². The van der Waals surface area contributed by atoms with Gasteiger partial charge in [0.1, 0.15) is 18.2 Å². The summed E-state index contributed by atoms with van der Waals surface area (Å²) in [5.41, 5.74) is 8.46. The number of rotatable bonds is 14. The van der Waals surface area contributed by atoms with Gasteiger partial charge in [0, 0.05) is 35.1 Å². The molecular formula is C30H29N3O8. The average molecular weight is 560 g/mol. The molecule has 6 N–H and O–H groups in total. The van der Waals surface area contributed by atoms with Crippen molar-refractivity contribution in [3.63, 3.8) is 0 Å². The van der Waals surface area contributed by atoms with Crippen LogP contribution >= 0.6 is 0 Å². The van der Waals surface area contributed by atoms with Crippen LogP contribution < -0.4 is 15.8 Å². The lowest BCUT2D eigenvalue weighted by Gasteiger charge is -2.20. The molecule has 0 heterocycles. The molecule has 11 heteroatoms. The number of ether oxygens (including phenoxy) is 1. The maximum absolute atomic E-state index is 13.2. The van der Waals surface area contributed by atoms with Crippen molar-refractivity contribution in [1.82, 2.24) is 5.32 Å². The fraction of sp³-hybridized carbons (Fsp3) is 0.200. The second-order valence-corrected chi connectivity index (χ2v) is 9.27. The predicted octanol–water partition coefficient (Wildman–Crippen LogP) is 3.08. The minimum absolute atomic E-state index is 0.0169. The molecule has 0 saturated carbocycles. The fourth-order valence-electron chi connectivity index (χ4n) is 3.94. The van der Waals surface area contributed by atoms with Gasteiger partial charge in [0.25, 0.3) is 5.91 Å². The van der Waals surface area contributed by atoms with Crippen LogP contribution in [0.15, 0.2) is 66.7 Å². The zero-order valence-electron chi connectivity index (χ0n) is 22.2. The quantitative estimate of drug-likeness (QED) is 0.0853. The summed E-state index contributed by atoms with van der Waals surface area (Å²) in [5, 5.41) is 28.6. The van der Waals surface area contributed by atoms with Crippen LogP contribution in [-0.2, 0) is 20.8 Å². The Balaban J connectivity index is 1.81. The van der Waals surface area contributed by atoms with Gasteiger partial charge in [-0.15, -0.1) is 0 Å². The number of hydrogen-bond acceptors (Lipinski definition) is 7. The maximum Gasteiger partial charge on any atom is 0.372 e. The summed E-state index contributed by atoms with van der Waals surface area (Å²) in [6.45, 7) is 1.27. The SMILES string of the molecule is CC(=O)c1ccc(-c2cccc(C(=O)NC(CCC(=O)O)COc3cc(C(=N)N)ccc3CC(=O)C(=O)O)c2)cc1. The highest BCUT2D eigenvalue weighted by atomic mass is 16.5. The molecule has 0 saturated heterocycles. The first-order chi connectivity index (χ1) is 19.4. The van der Waals surface area contributed by atoms with E-state index in [1.54, 1.807) is 42.5 Å². The largest absolute Gasteiger partial charge is 0.491 e. The lowest BCUT2D eigenvalue weighted by Crippen LogP contribution is -2.39. The standard InChI is InChI=1S/C30H29N3O8/c1-17(34)18-5-7-19(8-6-18)20-3-2-4-23(13-20)29(38)33-24(11-12-27(36)37)16-41-26-15-22(28(31)32)10-9-21(26)14-25(35)30(39)40/h2-10,13,15,24H,11-12,14,16H2,1H3,(H3,31,32)(H,33,38)(H,36,37)(H,39,40). The molecule has 0 bridgehead atoms. The summed E-state index contributed by atoms with van der Waals surface area (Å²) in [5.74, 6) is -4.51. The molecule has 11 nitrogen and oxygen atoms in total. The molecular weight excluding hydrogens is 530 g/mol. The summed E-state index contributed by atoms with van der Waals surface area (Å²) in [6, 6.07) is 17.2. The van der Waals surface area contributed by atoms with E-state index in [2.05, 4.69) is 5.32 Å². The number of nitrogen functional groups attached to an aromatic ring is 1. The molecule has 3 aromatic carbocycles. The first kappa shape index (κ1) is 30.2. The summed E-state index contributed by atoms with van der Waals surface area (Å²) >= 11 is 0. The maximum atomic E-state index is 13.2. The van der Waals surface area contributed by atoms with Crippen LogP contribution in [0, 0.1) is 5.41 Å². The molecule has 1 atom stereocenters. The number of carbonyl (C=O) groups is 5. The Labute approximate surface area is 235 Å². The van der Waals surface area contributed by atoms with Crippen LogP contribution in [0.2, 0.25) is 0 Å². The average Bonchev–Trinajstić information content (AvgIpc) is 2.94. The number of carboxylic acids is 2. The second kappa shape index (κ2) is 13.7. The zero-order valence-corrected chi connectivity index (χ0v) is 22.2. The molecule has 0 radical (unpaired) electrons. The zero-order chi connectivity index (χ0) is 30.1. The molecule has 0 aliphatic carbocycles. The first-order valence-corrected chi connectivity index (χ1v) is 12.5. The molecule has 1 unspecified atom stereocenters. The molecule has 0 aromatic heterocycles. The monoisotopic (exact) mass is 559 g/mol. The number of Topliss-reactive ketones (excluding diaryl/α,β-unsaturated/α-hetero) is 2. The molecule has 0 spiro atoms. The van der Waals surface area contributed by atoms with Crippen molar-refractivity contribution < 1.29 is 38.9 Å². The van der Waals surface area contributed by atoms with Gasteiger partial charge in [-0.05, 0) is 42.7 Å². The Morgan fingerprint density at radius 2 is 1.59 bits per heavy atom. The molecule has 0 fully saturated rings. The van der Waals surface area contributed by atoms with E-state index in [9.17, 15) is 29.1 Å². The van der Waals surface area contributed by atoms with E-state index in [0.29, 0.717) is 11.1 Å². The Bertz CT molecular complexity index is 1500. The van der Waals surface area contributed by atoms with E-state index in [-0.39, 0.29) is 47.9 Å². The smallest absolute Gasteiger partial charge is 0.372 e. The van der Waals surface area contributed by atoms with Crippen LogP contribution in [0.1, 0.15) is 51.6 Å². The minimum atomic E-state index is -1.62. The summed E-state index contributed by atoms with van der Waals surface area (Å²) in [4.78, 5) is 58.8. The number of carbonyl (C=O) groups excluding carboxylic acids is 3. The van der Waals surface area contributed by atoms with Crippen LogP contribution in [0.5, 0.6) is 5.75 Å². The van der Waals surface area contributed by atoms with Gasteiger partial charge in [-0.25, -0.2) is 4.79 Å². The highest BCUT2D eigenvalue weighted by Gasteiger charge is 2.20. The molecule has 3 rings (SSSR count). The molecule has 0 aliphatic rings. The number of ketones is 2. The lowest BCUT2D eigenvalue weighted by atomic mass is 10.0. The van der Waals surface area contributed by atoms with Gasteiger partial charge in [-0.3, -0.25) is 24.6 Å². The number of nitrogens with two attached hydrogens (primary N) is 1. The van der Waals surface area contributed by atoms with Crippen molar-refractivity contribution >= 4 is 35.2 Å². The lowest BCUT2D eigenvalue weighted by molar-refractivity contribution is -0.148. The topological polar surface area (TPSA) is 197 Å². The number of hydrogen-bond donors (Lipinski definition) is 5. The van der Waals surface area contributed by atoms with Crippen LogP contribution in [0.4, 0.5) is 0 Å². The van der Waals surface area contributed by atoms with Gasteiger partial charge in [0.15, 0.2) is 5.78 Å². The van der Waals surface area contributed by atoms with Crippen molar-refractivity contribution in [2.45, 2.75) is 32.2 Å². The highest BCUT2D eigenvalue weighted by molar-refractivity contribution is 6.33. The van der Waals surface area contributed by atoms with E-state index in [1.165, 1.54) is 25.1 Å². The predicted molar refractivity (Wildman–Crippen MR) is 149 cm³/mol. The molecule has 1 amide bonds. The fourth-order valence-corrected chi connectivity index (χ4v) is 3.94. The number of nitrogens with one attached hydrogen (secondary N) is 2. The van der Waals surface area contributed by atoms with E-state index in [1.807, 2.05) is 6.07 Å². The summed E-state index contributed by atoms with van der Waals surface area (Å²) in [6.07, 6.45) is -0.729. The number of amides is 1. The molecule has 3 aromatic rings. The van der Waals surface area contributed by atoms with Crippen molar-refractivity contribution in [3.8, 4) is 16.9 Å². The second-order valence-electron chi connectivity index (χ2n) is 9.27. The number of aliphatic carboxylic acids is 2. The van der Waals surface area contributed by atoms with Crippen LogP contribution in [0.3, 0.4) is 0 Å². The summed E-state index contributed by atoms with van der Waals surface area (Å²) in [7, 11) is 0. The van der Waals surface area contributed by atoms with Crippen molar-refractivity contribution in [3.05, 3.63) is 89.0 Å². The normalized spacial score (nSPS) is 11.2. The van der Waals surface area contributed by atoms with Crippen LogP contribution in [0.25, 0.3) is 11.1 Å². The Hall–Kier alpha value is -5.32. The van der Waals surface area contributed by atoms with Gasteiger partial charge in [0.05, 0.1) is 6.04 Å². The van der Waals surface area contributed by atoms with Gasteiger partial charge < -0.3 is 26.0 Å². The van der Waals surface area contributed by atoms with E-state index >= 15 is 0 Å². The Morgan fingerprint density at radius 3 is 2.20 bits per heavy atom. The number of carboxylic acid groups (broad SMARTS) is 2. The number of amidine groups is 1. The van der Waals surface area contributed by atoms with Crippen molar-refractivity contribution in [1.29, 1.82) is 5.41 Å². The molecule has 41 heavy (non-hydrogen) atoms. The highest BCUT2D eigenvalue weighted by Crippen LogP contribution is 2.23. The van der Waals surface area contributed by atoms with Gasteiger partial charge >= 0.3 is 11.9 Å². The van der Waals surface area contributed by atoms with Crippen molar-refractivity contribution in [2.75, 3.05) is 6.61 Å². The summed E-state index contributed by atoms with van der Waals surface area (Å²) < 4.78 is 5.83. The van der Waals surface area contributed by atoms with E-state index in [0.717, 1.165) is 11.1 Å². The van der Waals surface area contributed by atoms with Crippen LogP contribution in [-0.4, -0.2) is 58.1 Å². The third-order valence-electron chi connectivity index (χ3n) is 6.20. The van der Waals surface area contributed by atoms with E-state index < -0.39 is 36.1 Å².